The Morgan fingerprint density at radius 2 is 1.95 bits per heavy atom. The van der Waals surface area contributed by atoms with E-state index in [-0.39, 0.29) is 5.97 Å². The van der Waals surface area contributed by atoms with Crippen molar-refractivity contribution in [2.24, 2.45) is 0 Å². The van der Waals surface area contributed by atoms with Gasteiger partial charge in [0, 0.05) is 5.92 Å². The highest BCUT2D eigenvalue weighted by atomic mass is 16.5. The van der Waals surface area contributed by atoms with Gasteiger partial charge in [0.25, 0.3) is 0 Å². The lowest BCUT2D eigenvalue weighted by atomic mass is 9.74. The Bertz CT molecular complexity index is 485. The van der Waals surface area contributed by atoms with E-state index in [1.807, 2.05) is 6.92 Å². The first-order chi connectivity index (χ1) is 10.3. The number of hydrogen-bond acceptors (Lipinski definition) is 5. The standard InChI is InChI=1S/C16H24N2O3/c1-2-20-15(19)16(10-6-3-7-11-16)14-17-13(18-21-14)12-8-4-5-9-12/h12H,2-11H2,1H3. The topological polar surface area (TPSA) is 65.2 Å². The first-order valence-electron chi connectivity index (χ1n) is 8.27. The number of rotatable bonds is 4. The van der Waals surface area contributed by atoms with Crippen LogP contribution in [0.2, 0.25) is 0 Å². The van der Waals surface area contributed by atoms with Crippen molar-refractivity contribution >= 4 is 5.97 Å². The molecule has 1 aromatic rings. The van der Waals surface area contributed by atoms with Crippen LogP contribution >= 0.6 is 0 Å². The van der Waals surface area contributed by atoms with Crippen molar-refractivity contribution in [3.63, 3.8) is 0 Å². The number of hydrogen-bond donors (Lipinski definition) is 0. The second-order valence-electron chi connectivity index (χ2n) is 6.30. The van der Waals surface area contributed by atoms with Gasteiger partial charge in [0.1, 0.15) is 5.41 Å². The quantitative estimate of drug-likeness (QED) is 0.795. The minimum Gasteiger partial charge on any atom is -0.465 e. The van der Waals surface area contributed by atoms with Crippen LogP contribution in [0, 0.1) is 0 Å². The molecule has 0 radical (unpaired) electrons. The van der Waals surface area contributed by atoms with Crippen molar-refractivity contribution in [1.29, 1.82) is 0 Å². The van der Waals surface area contributed by atoms with E-state index in [1.165, 1.54) is 12.8 Å². The molecule has 0 N–H and O–H groups in total. The highest BCUT2D eigenvalue weighted by molar-refractivity contribution is 5.82. The van der Waals surface area contributed by atoms with Crippen molar-refractivity contribution in [3.05, 3.63) is 11.7 Å². The SMILES string of the molecule is CCOC(=O)C1(c2nc(C3CCCC3)no2)CCCCC1. The van der Waals surface area contributed by atoms with Gasteiger partial charge in [-0.25, -0.2) is 0 Å². The smallest absolute Gasteiger partial charge is 0.321 e. The summed E-state index contributed by atoms with van der Waals surface area (Å²) in [6.07, 6.45) is 9.44. The molecule has 2 saturated carbocycles. The molecule has 0 atom stereocenters. The van der Waals surface area contributed by atoms with Crippen LogP contribution in [0.5, 0.6) is 0 Å². The molecular formula is C16H24N2O3. The zero-order valence-corrected chi connectivity index (χ0v) is 12.8. The van der Waals surface area contributed by atoms with Gasteiger partial charge in [0.15, 0.2) is 5.82 Å². The summed E-state index contributed by atoms with van der Waals surface area (Å²) < 4.78 is 10.8. The molecule has 0 aliphatic heterocycles. The van der Waals surface area contributed by atoms with Crippen LogP contribution in [-0.2, 0) is 14.9 Å². The van der Waals surface area contributed by atoms with Gasteiger partial charge in [-0.05, 0) is 32.6 Å². The maximum Gasteiger partial charge on any atom is 0.321 e. The molecule has 0 spiro atoms. The number of carbonyl (C=O) groups excluding carboxylic acids is 1. The minimum atomic E-state index is -0.696. The number of carbonyl (C=O) groups is 1. The van der Waals surface area contributed by atoms with Gasteiger partial charge in [-0.15, -0.1) is 0 Å². The Labute approximate surface area is 125 Å². The summed E-state index contributed by atoms with van der Waals surface area (Å²) in [5.74, 6) is 1.50. The fourth-order valence-corrected chi connectivity index (χ4v) is 3.71. The van der Waals surface area contributed by atoms with Crippen molar-refractivity contribution < 1.29 is 14.1 Å². The van der Waals surface area contributed by atoms with Crippen LogP contribution in [0.15, 0.2) is 4.52 Å². The van der Waals surface area contributed by atoms with Crippen molar-refractivity contribution in [3.8, 4) is 0 Å². The average Bonchev–Trinajstić information content (AvgIpc) is 3.19. The van der Waals surface area contributed by atoms with E-state index in [0.29, 0.717) is 18.4 Å². The monoisotopic (exact) mass is 292 g/mol. The molecule has 0 bridgehead atoms. The van der Waals surface area contributed by atoms with E-state index in [4.69, 9.17) is 9.26 Å². The second-order valence-corrected chi connectivity index (χ2v) is 6.30. The van der Waals surface area contributed by atoms with Gasteiger partial charge in [-0.3, -0.25) is 4.79 Å². The third-order valence-corrected chi connectivity index (χ3v) is 4.94. The van der Waals surface area contributed by atoms with Gasteiger partial charge in [0.05, 0.1) is 6.61 Å². The molecule has 1 aromatic heterocycles. The van der Waals surface area contributed by atoms with Crippen molar-refractivity contribution in [2.45, 2.75) is 76.0 Å². The third-order valence-electron chi connectivity index (χ3n) is 4.94. The van der Waals surface area contributed by atoms with E-state index in [2.05, 4.69) is 10.1 Å². The number of esters is 1. The maximum absolute atomic E-state index is 12.5. The zero-order chi connectivity index (χ0) is 14.7. The summed E-state index contributed by atoms with van der Waals surface area (Å²) in [6.45, 7) is 2.23. The summed E-state index contributed by atoms with van der Waals surface area (Å²) in [6, 6.07) is 0. The zero-order valence-electron chi connectivity index (χ0n) is 12.8. The Kier molecular flexibility index (Phi) is 4.27. The highest BCUT2D eigenvalue weighted by Crippen LogP contribution is 2.41. The fraction of sp³-hybridized carbons (Fsp3) is 0.812. The molecule has 0 saturated heterocycles. The van der Waals surface area contributed by atoms with E-state index in [1.54, 1.807) is 0 Å². The largest absolute Gasteiger partial charge is 0.465 e. The van der Waals surface area contributed by atoms with Crippen LogP contribution in [-0.4, -0.2) is 22.7 Å². The van der Waals surface area contributed by atoms with Gasteiger partial charge < -0.3 is 9.26 Å². The van der Waals surface area contributed by atoms with Crippen molar-refractivity contribution in [1.82, 2.24) is 10.1 Å². The molecule has 5 nitrogen and oxygen atoms in total. The van der Waals surface area contributed by atoms with Crippen molar-refractivity contribution in [2.75, 3.05) is 6.61 Å². The first-order valence-corrected chi connectivity index (χ1v) is 8.27. The van der Waals surface area contributed by atoms with Crippen LogP contribution in [0.4, 0.5) is 0 Å². The van der Waals surface area contributed by atoms with Crippen LogP contribution in [0.1, 0.15) is 82.3 Å². The molecule has 0 aromatic carbocycles. The molecule has 116 valence electrons. The van der Waals surface area contributed by atoms with Gasteiger partial charge >= 0.3 is 5.97 Å². The number of aromatic nitrogens is 2. The molecule has 2 aliphatic carbocycles. The molecule has 5 heteroatoms. The summed E-state index contributed by atoms with van der Waals surface area (Å²) in [5, 5.41) is 4.17. The Hall–Kier alpha value is -1.39. The summed E-state index contributed by atoms with van der Waals surface area (Å²) in [4.78, 5) is 17.1. The van der Waals surface area contributed by atoms with Gasteiger partial charge in [-0.2, -0.15) is 4.98 Å². The first kappa shape index (κ1) is 14.5. The Morgan fingerprint density at radius 1 is 1.24 bits per heavy atom. The fourth-order valence-electron chi connectivity index (χ4n) is 3.71. The minimum absolute atomic E-state index is 0.189. The highest BCUT2D eigenvalue weighted by Gasteiger charge is 2.47. The second kappa shape index (κ2) is 6.16. The normalized spacial score (nSPS) is 22.3. The maximum atomic E-state index is 12.5. The van der Waals surface area contributed by atoms with Crippen LogP contribution in [0.3, 0.4) is 0 Å². The van der Waals surface area contributed by atoms with Gasteiger partial charge in [0.2, 0.25) is 5.89 Å². The lowest BCUT2D eigenvalue weighted by molar-refractivity contribution is -0.152. The molecular weight excluding hydrogens is 268 g/mol. The van der Waals surface area contributed by atoms with E-state index < -0.39 is 5.41 Å². The number of ether oxygens (including phenoxy) is 1. The lowest BCUT2D eigenvalue weighted by Gasteiger charge is -2.31. The molecule has 3 rings (SSSR count). The predicted octanol–water partition coefficient (Wildman–Crippen LogP) is 3.49. The van der Waals surface area contributed by atoms with Gasteiger partial charge in [-0.1, -0.05) is 37.3 Å². The Morgan fingerprint density at radius 3 is 2.62 bits per heavy atom. The average molecular weight is 292 g/mol. The molecule has 0 unspecified atom stereocenters. The lowest BCUT2D eigenvalue weighted by Crippen LogP contribution is -2.39. The van der Waals surface area contributed by atoms with E-state index >= 15 is 0 Å². The Balaban J connectivity index is 1.87. The molecule has 2 aliphatic rings. The van der Waals surface area contributed by atoms with Crippen LogP contribution in [0.25, 0.3) is 0 Å². The van der Waals surface area contributed by atoms with E-state index in [9.17, 15) is 4.79 Å². The van der Waals surface area contributed by atoms with E-state index in [0.717, 1.165) is 50.8 Å². The summed E-state index contributed by atoms with van der Waals surface area (Å²) in [7, 11) is 0. The molecule has 0 amide bonds. The molecule has 1 heterocycles. The predicted molar refractivity (Wildman–Crippen MR) is 76.9 cm³/mol. The summed E-state index contributed by atoms with van der Waals surface area (Å²) in [5.41, 5.74) is -0.696. The summed E-state index contributed by atoms with van der Waals surface area (Å²) >= 11 is 0. The third kappa shape index (κ3) is 2.70. The number of nitrogens with zero attached hydrogens (tertiary/aromatic N) is 2. The molecule has 21 heavy (non-hydrogen) atoms. The van der Waals surface area contributed by atoms with Crippen LogP contribution < -0.4 is 0 Å². The molecule has 2 fully saturated rings.